The topological polar surface area (TPSA) is 18.8 Å². The molecular weight excluding hydrogens is 483 g/mol. The fourth-order valence-corrected chi connectivity index (χ4v) is 5.47. The lowest BCUT2D eigenvalue weighted by Crippen LogP contribution is -2.43. The van der Waals surface area contributed by atoms with Crippen LogP contribution in [0.4, 0.5) is 18.9 Å². The molecule has 0 aliphatic carbocycles. The molecule has 4 aromatic rings. The Morgan fingerprint density at radius 3 is 2.24 bits per heavy atom. The zero-order valence-corrected chi connectivity index (χ0v) is 20.6. The van der Waals surface area contributed by atoms with Crippen molar-refractivity contribution < 1.29 is 13.2 Å². The van der Waals surface area contributed by atoms with Gasteiger partial charge in [-0.2, -0.15) is 5.10 Å². The predicted octanol–water partition coefficient (Wildman–Crippen LogP) is 7.24. The van der Waals surface area contributed by atoms with Gasteiger partial charge in [0.05, 0.1) is 17.4 Å². The molecule has 190 valence electrons. The first-order chi connectivity index (χ1) is 18.5. The monoisotopic (exact) mass is 509 g/mol. The van der Waals surface area contributed by atoms with E-state index in [-0.39, 0.29) is 29.4 Å². The van der Waals surface area contributed by atoms with Crippen LogP contribution in [0.3, 0.4) is 0 Å². The number of fused-ring (bicyclic) bond motifs is 1. The highest BCUT2D eigenvalue weighted by molar-refractivity contribution is 6.09. The Kier molecular flexibility index (Phi) is 6.56. The lowest BCUT2D eigenvalue weighted by Gasteiger charge is -2.36. The maximum absolute atomic E-state index is 14.4. The second kappa shape index (κ2) is 10.3. The summed E-state index contributed by atoms with van der Waals surface area (Å²) in [5, 5.41) is 7.09. The average molecular weight is 510 g/mol. The maximum Gasteiger partial charge on any atom is 0.123 e. The van der Waals surface area contributed by atoms with E-state index in [2.05, 4.69) is 4.90 Å². The van der Waals surface area contributed by atoms with Gasteiger partial charge >= 0.3 is 0 Å². The highest BCUT2D eigenvalue weighted by Crippen LogP contribution is 2.43. The maximum atomic E-state index is 14.4. The van der Waals surface area contributed by atoms with Crippen molar-refractivity contribution in [2.45, 2.75) is 12.6 Å². The number of halogens is 3. The summed E-state index contributed by atoms with van der Waals surface area (Å²) in [6, 6.07) is 29.4. The van der Waals surface area contributed by atoms with Crippen molar-refractivity contribution in [3.63, 3.8) is 0 Å². The van der Waals surface area contributed by atoms with Crippen LogP contribution in [0.1, 0.15) is 22.7 Å². The molecule has 2 atom stereocenters. The van der Waals surface area contributed by atoms with E-state index >= 15 is 0 Å². The minimum absolute atomic E-state index is 0.0639. The van der Waals surface area contributed by atoms with Crippen LogP contribution >= 0.6 is 0 Å². The summed E-state index contributed by atoms with van der Waals surface area (Å²) in [4.78, 5) is 2.29. The summed E-state index contributed by atoms with van der Waals surface area (Å²) in [5.41, 5.74) is 5.41. The summed E-state index contributed by atoms with van der Waals surface area (Å²) in [7, 11) is 0. The number of hydrogen-bond donors (Lipinski definition) is 0. The fourth-order valence-electron chi connectivity index (χ4n) is 5.47. The summed E-state index contributed by atoms with van der Waals surface area (Å²) in [6.45, 7) is 1.90. The third-order valence-corrected chi connectivity index (χ3v) is 7.11. The average Bonchev–Trinajstić information content (AvgIpc) is 3.30. The second-order valence-electron chi connectivity index (χ2n) is 9.79. The highest BCUT2D eigenvalue weighted by atomic mass is 19.1. The molecule has 4 aromatic carbocycles. The fraction of sp³-hybridized carbons (Fsp3) is 0.156. The lowest BCUT2D eigenvalue weighted by molar-refractivity contribution is 0.245. The van der Waals surface area contributed by atoms with Crippen molar-refractivity contribution in [2.24, 2.45) is 11.0 Å². The Morgan fingerprint density at radius 2 is 1.50 bits per heavy atom. The van der Waals surface area contributed by atoms with E-state index in [9.17, 15) is 13.2 Å². The minimum Gasteiger partial charge on any atom is -0.294 e. The van der Waals surface area contributed by atoms with Gasteiger partial charge in [0.25, 0.3) is 0 Å². The third kappa shape index (κ3) is 5.00. The van der Waals surface area contributed by atoms with Gasteiger partial charge in [-0.25, -0.2) is 13.2 Å². The van der Waals surface area contributed by atoms with Crippen molar-refractivity contribution in [3.8, 4) is 0 Å². The Labute approximate surface area is 220 Å². The molecule has 0 bridgehead atoms. The van der Waals surface area contributed by atoms with E-state index in [4.69, 9.17) is 5.10 Å². The first-order valence-corrected chi connectivity index (χ1v) is 12.6. The van der Waals surface area contributed by atoms with Crippen LogP contribution in [0.5, 0.6) is 0 Å². The number of hydrazone groups is 1. The van der Waals surface area contributed by atoms with Crippen LogP contribution in [0.15, 0.2) is 114 Å². The van der Waals surface area contributed by atoms with E-state index < -0.39 is 0 Å². The van der Waals surface area contributed by atoms with Gasteiger partial charge < -0.3 is 0 Å². The van der Waals surface area contributed by atoms with E-state index in [1.165, 1.54) is 30.3 Å². The van der Waals surface area contributed by atoms with Crippen molar-refractivity contribution in [1.29, 1.82) is 0 Å². The number of anilines is 1. The van der Waals surface area contributed by atoms with Crippen LogP contribution < -0.4 is 5.01 Å². The lowest BCUT2D eigenvalue weighted by atomic mass is 9.82. The van der Waals surface area contributed by atoms with Crippen molar-refractivity contribution in [3.05, 3.63) is 143 Å². The minimum atomic E-state index is -0.299. The molecule has 3 nitrogen and oxygen atoms in total. The van der Waals surface area contributed by atoms with Crippen molar-refractivity contribution in [2.75, 3.05) is 18.1 Å². The molecule has 0 amide bonds. The van der Waals surface area contributed by atoms with Crippen LogP contribution in [-0.4, -0.2) is 23.7 Å². The molecule has 1 saturated heterocycles. The molecule has 0 radical (unpaired) electrons. The van der Waals surface area contributed by atoms with Gasteiger partial charge in [-0.3, -0.25) is 9.91 Å². The van der Waals surface area contributed by atoms with Gasteiger partial charge in [0, 0.05) is 25.6 Å². The second-order valence-corrected chi connectivity index (χ2v) is 9.79. The molecule has 38 heavy (non-hydrogen) atoms. The van der Waals surface area contributed by atoms with E-state index in [1.807, 2.05) is 53.5 Å². The first-order valence-electron chi connectivity index (χ1n) is 12.6. The molecule has 6 rings (SSSR count). The standard InChI is InChI=1S/C32H26F3N3/c33-26-14-12-22(13-15-26)19-37-20-25(16-23-6-4-8-27(34)17-23)31-30(21-37)32(24-7-5-9-28(35)18-24)38(36-31)29-10-2-1-3-11-29/h1-18,30,32H,19-21H2. The van der Waals surface area contributed by atoms with Crippen LogP contribution in [0.2, 0.25) is 0 Å². The summed E-state index contributed by atoms with van der Waals surface area (Å²) >= 11 is 0. The molecule has 0 saturated carbocycles. The van der Waals surface area contributed by atoms with E-state index in [1.54, 1.807) is 30.3 Å². The van der Waals surface area contributed by atoms with Crippen molar-refractivity contribution in [1.82, 2.24) is 4.90 Å². The molecule has 0 N–H and O–H groups in total. The quantitative estimate of drug-likeness (QED) is 0.283. The predicted molar refractivity (Wildman–Crippen MR) is 145 cm³/mol. The van der Waals surface area contributed by atoms with Gasteiger partial charge in [-0.1, -0.05) is 54.6 Å². The van der Waals surface area contributed by atoms with Gasteiger partial charge in [0.2, 0.25) is 0 Å². The molecule has 0 aromatic heterocycles. The molecule has 0 spiro atoms. The third-order valence-electron chi connectivity index (χ3n) is 7.11. The van der Waals surface area contributed by atoms with Gasteiger partial charge in [-0.05, 0) is 76.9 Å². The SMILES string of the molecule is Fc1ccc(CN2CC(=Cc3cccc(F)c3)C3=NN(c4ccccc4)C(c4cccc(F)c4)C3C2)cc1. The normalized spacial score (nSPS) is 20.4. The van der Waals surface area contributed by atoms with Crippen LogP contribution in [-0.2, 0) is 6.54 Å². The van der Waals surface area contributed by atoms with Gasteiger partial charge in [0.15, 0.2) is 0 Å². The number of nitrogens with zero attached hydrogens (tertiary/aromatic N) is 3. The number of rotatable bonds is 5. The number of likely N-dealkylation sites (tertiary alicyclic amines) is 1. The number of benzene rings is 4. The van der Waals surface area contributed by atoms with Gasteiger partial charge in [-0.15, -0.1) is 0 Å². The highest BCUT2D eigenvalue weighted by Gasteiger charge is 2.44. The zero-order chi connectivity index (χ0) is 26.1. The van der Waals surface area contributed by atoms with Gasteiger partial charge in [0.1, 0.15) is 17.5 Å². The summed E-state index contributed by atoms with van der Waals surface area (Å²) < 4.78 is 42.0. The molecule has 1 fully saturated rings. The molecule has 2 aliphatic rings. The smallest absolute Gasteiger partial charge is 0.123 e. The summed E-state index contributed by atoms with van der Waals surface area (Å²) in [6.07, 6.45) is 1.99. The molecular formula is C32H26F3N3. The number of piperidine rings is 1. The molecule has 6 heteroatoms. The van der Waals surface area contributed by atoms with Crippen molar-refractivity contribution >= 4 is 17.5 Å². The van der Waals surface area contributed by atoms with E-state index in [0.717, 1.165) is 33.7 Å². The molecule has 2 heterocycles. The first kappa shape index (κ1) is 24.2. The van der Waals surface area contributed by atoms with E-state index in [0.29, 0.717) is 19.6 Å². The molecule has 2 aliphatic heterocycles. The largest absolute Gasteiger partial charge is 0.294 e. The number of hydrogen-bond acceptors (Lipinski definition) is 3. The summed E-state index contributed by atoms with van der Waals surface area (Å²) in [5.74, 6) is -0.926. The van der Waals surface area contributed by atoms with Crippen LogP contribution in [0.25, 0.3) is 6.08 Å². The Morgan fingerprint density at radius 1 is 0.763 bits per heavy atom. The Bertz CT molecular complexity index is 1500. The van der Waals surface area contributed by atoms with Crippen LogP contribution in [0, 0.1) is 23.4 Å². The Hall–Kier alpha value is -4.16. The molecule has 2 unspecified atom stereocenters. The number of para-hydroxylation sites is 1. The Balaban J connectivity index is 1.45. The zero-order valence-electron chi connectivity index (χ0n) is 20.6.